The third-order valence-corrected chi connectivity index (χ3v) is 7.82. The van der Waals surface area contributed by atoms with Gasteiger partial charge in [-0.05, 0) is 49.4 Å². The SMILES string of the molecule is CNC(=O)[C@@H](C)N(Cc1ccccc1F)C(=O)CN(c1ccc(F)cc1)S(=O)(=O)c1ccc(OC)c(OC)c1. The van der Waals surface area contributed by atoms with Crippen molar-refractivity contribution in [2.24, 2.45) is 0 Å². The van der Waals surface area contributed by atoms with Crippen LogP contribution in [-0.2, 0) is 26.2 Å². The van der Waals surface area contributed by atoms with Crippen molar-refractivity contribution >= 4 is 27.5 Å². The third-order valence-electron chi connectivity index (χ3n) is 6.05. The lowest BCUT2D eigenvalue weighted by Gasteiger charge is -2.32. The van der Waals surface area contributed by atoms with Crippen molar-refractivity contribution < 1.29 is 36.3 Å². The number of sulfonamides is 1. The molecule has 12 heteroatoms. The number of nitrogens with one attached hydrogen (secondary N) is 1. The Hall–Kier alpha value is -4.19. The number of ether oxygens (including phenoxy) is 2. The largest absolute Gasteiger partial charge is 0.493 e. The highest BCUT2D eigenvalue weighted by molar-refractivity contribution is 7.92. The van der Waals surface area contributed by atoms with Crippen molar-refractivity contribution in [2.45, 2.75) is 24.4 Å². The summed E-state index contributed by atoms with van der Waals surface area (Å²) in [5.74, 6) is -2.09. The van der Waals surface area contributed by atoms with Crippen molar-refractivity contribution in [3.05, 3.63) is 83.9 Å². The van der Waals surface area contributed by atoms with E-state index in [1.54, 1.807) is 6.07 Å². The summed E-state index contributed by atoms with van der Waals surface area (Å²) in [6.45, 7) is 0.383. The first kappa shape index (κ1) is 29.4. The number of carbonyl (C=O) groups excluding carboxylic acids is 2. The maximum absolute atomic E-state index is 14.5. The van der Waals surface area contributed by atoms with E-state index in [1.807, 2.05) is 0 Å². The highest BCUT2D eigenvalue weighted by atomic mass is 32.2. The molecule has 0 unspecified atom stereocenters. The Labute approximate surface area is 226 Å². The lowest BCUT2D eigenvalue weighted by atomic mass is 10.1. The van der Waals surface area contributed by atoms with Crippen LogP contribution in [0.5, 0.6) is 11.5 Å². The smallest absolute Gasteiger partial charge is 0.264 e. The zero-order valence-corrected chi connectivity index (χ0v) is 22.7. The summed E-state index contributed by atoms with van der Waals surface area (Å²) in [7, 11) is -0.307. The Morgan fingerprint density at radius 2 is 1.59 bits per heavy atom. The van der Waals surface area contributed by atoms with Crippen LogP contribution in [0.25, 0.3) is 0 Å². The molecule has 0 aliphatic carbocycles. The second-order valence-electron chi connectivity index (χ2n) is 8.41. The Morgan fingerprint density at radius 3 is 2.18 bits per heavy atom. The first-order valence-electron chi connectivity index (χ1n) is 11.8. The minimum Gasteiger partial charge on any atom is -0.493 e. The molecule has 3 rings (SSSR count). The Balaban J connectivity index is 2.08. The zero-order chi connectivity index (χ0) is 28.7. The lowest BCUT2D eigenvalue weighted by Crippen LogP contribution is -2.50. The molecule has 0 spiro atoms. The van der Waals surface area contributed by atoms with Gasteiger partial charge in [-0.1, -0.05) is 18.2 Å². The lowest BCUT2D eigenvalue weighted by molar-refractivity contribution is -0.139. The van der Waals surface area contributed by atoms with Crippen LogP contribution in [-0.4, -0.2) is 59.0 Å². The topological polar surface area (TPSA) is 105 Å². The molecule has 0 aromatic heterocycles. The van der Waals surface area contributed by atoms with Gasteiger partial charge in [-0.3, -0.25) is 13.9 Å². The number of benzene rings is 3. The van der Waals surface area contributed by atoms with Gasteiger partial charge < -0.3 is 19.7 Å². The van der Waals surface area contributed by atoms with Crippen molar-refractivity contribution in [3.8, 4) is 11.5 Å². The quantitative estimate of drug-likeness (QED) is 0.385. The van der Waals surface area contributed by atoms with Crippen LogP contribution >= 0.6 is 0 Å². The summed E-state index contributed by atoms with van der Waals surface area (Å²) in [5, 5.41) is 2.45. The number of hydrogen-bond donors (Lipinski definition) is 1. The number of halogens is 2. The molecular formula is C27H29F2N3O6S. The van der Waals surface area contributed by atoms with Crippen LogP contribution in [0.15, 0.2) is 71.6 Å². The summed E-state index contributed by atoms with van der Waals surface area (Å²) in [4.78, 5) is 27.0. The van der Waals surface area contributed by atoms with E-state index in [4.69, 9.17) is 9.47 Å². The van der Waals surface area contributed by atoms with Crippen molar-refractivity contribution in [3.63, 3.8) is 0 Å². The fraction of sp³-hybridized carbons (Fsp3) is 0.259. The van der Waals surface area contributed by atoms with Crippen LogP contribution < -0.4 is 19.1 Å². The highest BCUT2D eigenvalue weighted by Crippen LogP contribution is 2.32. The number of rotatable bonds is 11. The molecule has 1 N–H and O–H groups in total. The van der Waals surface area contributed by atoms with Gasteiger partial charge in [-0.15, -0.1) is 0 Å². The van der Waals surface area contributed by atoms with Gasteiger partial charge in [0.15, 0.2) is 11.5 Å². The molecule has 0 bridgehead atoms. The normalized spacial score (nSPS) is 11.8. The van der Waals surface area contributed by atoms with Crippen LogP contribution in [0.1, 0.15) is 12.5 Å². The third kappa shape index (κ3) is 6.63. The Kier molecular flexibility index (Phi) is 9.47. The standard InChI is InChI=1S/C27H29F2N3O6S/c1-18(27(34)30-2)31(16-19-7-5-6-8-23(19)29)26(33)17-32(21-11-9-20(28)10-12-21)39(35,36)22-13-14-24(37-3)25(15-22)38-4/h5-15,18H,16-17H2,1-4H3,(H,30,34)/t18-/m1/s1. The van der Waals surface area contributed by atoms with Gasteiger partial charge in [0.1, 0.15) is 24.2 Å². The molecular weight excluding hydrogens is 532 g/mol. The van der Waals surface area contributed by atoms with E-state index >= 15 is 0 Å². The van der Waals surface area contributed by atoms with E-state index in [0.717, 1.165) is 21.3 Å². The molecule has 0 aliphatic heterocycles. The van der Waals surface area contributed by atoms with Crippen LogP contribution in [0.4, 0.5) is 14.5 Å². The summed E-state index contributed by atoms with van der Waals surface area (Å²) in [6.07, 6.45) is 0. The first-order valence-corrected chi connectivity index (χ1v) is 13.2. The molecule has 3 aromatic carbocycles. The molecule has 1 atom stereocenters. The van der Waals surface area contributed by atoms with Gasteiger partial charge in [0.05, 0.1) is 24.8 Å². The predicted molar refractivity (Wildman–Crippen MR) is 141 cm³/mol. The number of carbonyl (C=O) groups is 2. The number of anilines is 1. The minimum atomic E-state index is -4.43. The number of hydrogen-bond acceptors (Lipinski definition) is 6. The molecule has 0 aliphatic rings. The molecule has 0 radical (unpaired) electrons. The van der Waals surface area contributed by atoms with Gasteiger partial charge in [0.25, 0.3) is 10.0 Å². The van der Waals surface area contributed by atoms with Gasteiger partial charge >= 0.3 is 0 Å². The fourth-order valence-electron chi connectivity index (χ4n) is 3.84. The Bertz CT molecular complexity index is 1430. The number of amides is 2. The summed E-state index contributed by atoms with van der Waals surface area (Å²) < 4.78 is 67.1. The number of likely N-dealkylation sites (N-methyl/N-ethyl adjacent to an activating group) is 1. The van der Waals surface area contributed by atoms with Gasteiger partial charge in [0.2, 0.25) is 11.8 Å². The molecule has 0 saturated carbocycles. The van der Waals surface area contributed by atoms with E-state index in [9.17, 15) is 26.8 Å². The second-order valence-corrected chi connectivity index (χ2v) is 10.3. The predicted octanol–water partition coefficient (Wildman–Crippen LogP) is 3.34. The van der Waals surface area contributed by atoms with E-state index in [-0.39, 0.29) is 34.2 Å². The van der Waals surface area contributed by atoms with Crippen molar-refractivity contribution in [2.75, 3.05) is 32.1 Å². The maximum Gasteiger partial charge on any atom is 0.264 e. The Morgan fingerprint density at radius 1 is 0.949 bits per heavy atom. The van der Waals surface area contributed by atoms with Crippen LogP contribution in [0.2, 0.25) is 0 Å². The zero-order valence-electron chi connectivity index (χ0n) is 21.9. The average molecular weight is 562 g/mol. The van der Waals surface area contributed by atoms with Crippen molar-refractivity contribution in [1.82, 2.24) is 10.2 Å². The van der Waals surface area contributed by atoms with E-state index in [1.165, 1.54) is 76.7 Å². The first-order chi connectivity index (χ1) is 18.5. The molecule has 0 saturated heterocycles. The highest BCUT2D eigenvalue weighted by Gasteiger charge is 2.33. The van der Waals surface area contributed by atoms with E-state index < -0.39 is 46.1 Å². The average Bonchev–Trinajstić information content (AvgIpc) is 2.94. The summed E-state index contributed by atoms with van der Waals surface area (Å²) in [6, 6.07) is 13.1. The molecule has 3 aromatic rings. The summed E-state index contributed by atoms with van der Waals surface area (Å²) >= 11 is 0. The molecule has 0 fully saturated rings. The molecule has 0 heterocycles. The maximum atomic E-state index is 14.5. The van der Waals surface area contributed by atoms with Gasteiger partial charge in [0, 0.05) is 25.2 Å². The summed E-state index contributed by atoms with van der Waals surface area (Å²) in [5.41, 5.74) is 0.135. The molecule has 208 valence electrons. The molecule has 39 heavy (non-hydrogen) atoms. The number of methoxy groups -OCH3 is 2. The van der Waals surface area contributed by atoms with Crippen molar-refractivity contribution in [1.29, 1.82) is 0 Å². The second kappa shape index (κ2) is 12.6. The van der Waals surface area contributed by atoms with E-state index in [2.05, 4.69) is 5.32 Å². The van der Waals surface area contributed by atoms with Crippen LogP contribution in [0, 0.1) is 11.6 Å². The molecule has 2 amide bonds. The number of nitrogens with zero attached hydrogens (tertiary/aromatic N) is 2. The molecule has 9 nitrogen and oxygen atoms in total. The fourth-order valence-corrected chi connectivity index (χ4v) is 5.27. The minimum absolute atomic E-state index is 0.00188. The van der Waals surface area contributed by atoms with Crippen LogP contribution in [0.3, 0.4) is 0 Å². The monoisotopic (exact) mass is 561 g/mol. The van der Waals surface area contributed by atoms with E-state index in [0.29, 0.717) is 0 Å². The van der Waals surface area contributed by atoms with Gasteiger partial charge in [-0.25, -0.2) is 17.2 Å². The van der Waals surface area contributed by atoms with Gasteiger partial charge in [-0.2, -0.15) is 0 Å².